The lowest BCUT2D eigenvalue weighted by molar-refractivity contribution is -0.140. The first-order valence-electron chi connectivity index (χ1n) is 10.6. The van der Waals surface area contributed by atoms with Crippen molar-refractivity contribution < 1.29 is 22.7 Å². The van der Waals surface area contributed by atoms with E-state index in [1.807, 2.05) is 0 Å². The zero-order valence-electron chi connectivity index (χ0n) is 18.3. The minimum atomic E-state index is -3.87. The summed E-state index contributed by atoms with van der Waals surface area (Å²) in [4.78, 5) is 11.5. The van der Waals surface area contributed by atoms with Crippen LogP contribution in [0.25, 0.3) is 0 Å². The summed E-state index contributed by atoms with van der Waals surface area (Å²) in [6, 6.07) is 10.8. The van der Waals surface area contributed by atoms with Crippen LogP contribution < -0.4 is 9.46 Å². The molecule has 0 amide bonds. The zero-order valence-corrected chi connectivity index (χ0v) is 20.7. The van der Waals surface area contributed by atoms with E-state index in [9.17, 15) is 13.2 Å². The number of aromatic nitrogens is 2. The standard InChI is InChI=1S/C23H23Cl2N3O5S/c1-32-23(29)11-12-28-20-7-4-6-19(16(20)14-26-28)27-34(30,31)15-9-10-22(18(25)13-15)33-21-8-3-2-5-17(21)24/h2-3,5,8-10,13-14,19,27H,4,6-7,11-12H2,1H3. The van der Waals surface area contributed by atoms with Gasteiger partial charge in [-0.15, -0.1) is 0 Å². The lowest BCUT2D eigenvalue weighted by Crippen LogP contribution is -2.31. The second-order valence-corrected chi connectivity index (χ2v) is 10.3. The van der Waals surface area contributed by atoms with Crippen LogP contribution in [0.3, 0.4) is 0 Å². The van der Waals surface area contributed by atoms with Gasteiger partial charge >= 0.3 is 5.97 Å². The van der Waals surface area contributed by atoms with E-state index in [1.54, 1.807) is 35.1 Å². The van der Waals surface area contributed by atoms with Gasteiger partial charge in [0.2, 0.25) is 10.0 Å². The van der Waals surface area contributed by atoms with E-state index in [0.29, 0.717) is 29.5 Å². The molecule has 11 heteroatoms. The van der Waals surface area contributed by atoms with Crippen molar-refractivity contribution in [2.45, 2.75) is 43.2 Å². The normalized spacial score (nSPS) is 15.6. The van der Waals surface area contributed by atoms with E-state index in [0.717, 1.165) is 24.1 Å². The first-order chi connectivity index (χ1) is 16.3. The lowest BCUT2D eigenvalue weighted by Gasteiger charge is -2.24. The topological polar surface area (TPSA) is 99.5 Å². The Morgan fingerprint density at radius 3 is 2.68 bits per heavy atom. The van der Waals surface area contributed by atoms with Gasteiger partial charge in [-0.25, -0.2) is 13.1 Å². The minimum Gasteiger partial charge on any atom is -0.469 e. The molecular weight excluding hydrogens is 501 g/mol. The molecule has 1 N–H and O–H groups in total. The van der Waals surface area contributed by atoms with Gasteiger partial charge in [-0.2, -0.15) is 5.10 Å². The van der Waals surface area contributed by atoms with Gasteiger partial charge in [0.05, 0.1) is 47.3 Å². The number of rotatable bonds is 8. The second-order valence-electron chi connectivity index (χ2n) is 7.79. The van der Waals surface area contributed by atoms with Crippen LogP contribution in [0.15, 0.2) is 53.6 Å². The molecule has 1 aliphatic carbocycles. The molecule has 8 nitrogen and oxygen atoms in total. The number of carbonyl (C=O) groups excluding carboxylic acids is 1. The third kappa shape index (κ3) is 5.38. The summed E-state index contributed by atoms with van der Waals surface area (Å²) in [5, 5.41) is 4.91. The SMILES string of the molecule is COC(=O)CCn1ncc2c1CCCC2NS(=O)(=O)c1ccc(Oc2ccccc2Cl)c(Cl)c1. The van der Waals surface area contributed by atoms with Crippen molar-refractivity contribution in [2.24, 2.45) is 0 Å². The van der Waals surface area contributed by atoms with E-state index in [2.05, 4.69) is 14.6 Å². The monoisotopic (exact) mass is 523 g/mol. The van der Waals surface area contributed by atoms with Crippen molar-refractivity contribution in [1.82, 2.24) is 14.5 Å². The third-order valence-corrected chi connectivity index (χ3v) is 7.66. The molecule has 4 rings (SSSR count). The van der Waals surface area contributed by atoms with Crippen molar-refractivity contribution in [3.63, 3.8) is 0 Å². The van der Waals surface area contributed by atoms with Gasteiger partial charge in [0.1, 0.15) is 11.5 Å². The molecule has 0 aliphatic heterocycles. The highest BCUT2D eigenvalue weighted by Gasteiger charge is 2.29. The van der Waals surface area contributed by atoms with Crippen molar-refractivity contribution >= 4 is 39.2 Å². The highest BCUT2D eigenvalue weighted by molar-refractivity contribution is 7.89. The van der Waals surface area contributed by atoms with Crippen LogP contribution in [0.4, 0.5) is 0 Å². The van der Waals surface area contributed by atoms with Crippen molar-refractivity contribution in [2.75, 3.05) is 7.11 Å². The van der Waals surface area contributed by atoms with Crippen molar-refractivity contribution in [3.8, 4) is 11.5 Å². The highest BCUT2D eigenvalue weighted by atomic mass is 35.5. The number of esters is 1. The molecule has 1 aliphatic rings. The third-order valence-electron chi connectivity index (χ3n) is 5.59. The average molecular weight is 524 g/mol. The second kappa shape index (κ2) is 10.4. The fraction of sp³-hybridized carbons (Fsp3) is 0.304. The number of halogens is 2. The fourth-order valence-corrected chi connectivity index (χ4v) is 5.60. The Morgan fingerprint density at radius 2 is 1.94 bits per heavy atom. The summed E-state index contributed by atoms with van der Waals surface area (Å²) in [6.07, 6.45) is 4.04. The van der Waals surface area contributed by atoms with Crippen LogP contribution in [0, 0.1) is 0 Å². The van der Waals surface area contributed by atoms with Crippen molar-refractivity contribution in [1.29, 1.82) is 0 Å². The predicted octanol–water partition coefficient (Wildman–Crippen LogP) is 4.90. The average Bonchev–Trinajstić information content (AvgIpc) is 3.24. The van der Waals surface area contributed by atoms with E-state index >= 15 is 0 Å². The van der Waals surface area contributed by atoms with E-state index in [4.69, 9.17) is 27.9 Å². The van der Waals surface area contributed by atoms with Gasteiger partial charge in [-0.05, 0) is 49.6 Å². The molecule has 0 spiro atoms. The Bertz CT molecular complexity index is 1310. The smallest absolute Gasteiger partial charge is 0.307 e. The van der Waals surface area contributed by atoms with E-state index in [1.165, 1.54) is 25.3 Å². The number of benzene rings is 2. The van der Waals surface area contributed by atoms with E-state index in [-0.39, 0.29) is 22.3 Å². The molecule has 0 bridgehead atoms. The molecule has 34 heavy (non-hydrogen) atoms. The fourth-order valence-electron chi connectivity index (χ4n) is 3.87. The van der Waals surface area contributed by atoms with Gasteiger partial charge in [0, 0.05) is 11.3 Å². The zero-order chi connectivity index (χ0) is 24.3. The van der Waals surface area contributed by atoms with Crippen LogP contribution in [0.5, 0.6) is 11.5 Å². The number of nitrogens with one attached hydrogen (secondary N) is 1. The summed E-state index contributed by atoms with van der Waals surface area (Å²) < 4.78 is 41.2. The number of fused-ring (bicyclic) bond motifs is 1. The molecule has 0 radical (unpaired) electrons. The van der Waals surface area contributed by atoms with Gasteiger partial charge in [0.15, 0.2) is 0 Å². The number of ether oxygens (including phenoxy) is 2. The van der Waals surface area contributed by atoms with Crippen LogP contribution >= 0.6 is 23.2 Å². The molecule has 1 unspecified atom stereocenters. The molecule has 3 aromatic rings. The van der Waals surface area contributed by atoms with Crippen LogP contribution in [0.1, 0.15) is 36.6 Å². The van der Waals surface area contributed by atoms with Crippen molar-refractivity contribution in [3.05, 3.63) is 70.0 Å². The number of para-hydroxylation sites is 1. The largest absolute Gasteiger partial charge is 0.469 e. The van der Waals surface area contributed by atoms with Crippen LogP contribution in [0.2, 0.25) is 10.0 Å². The molecule has 180 valence electrons. The minimum absolute atomic E-state index is 0.0224. The van der Waals surface area contributed by atoms with Gasteiger partial charge < -0.3 is 9.47 Å². The number of sulfonamides is 1. The predicted molar refractivity (Wildman–Crippen MR) is 128 cm³/mol. The maximum absolute atomic E-state index is 13.1. The molecule has 0 saturated carbocycles. The molecule has 1 atom stereocenters. The first kappa shape index (κ1) is 24.5. The Morgan fingerprint density at radius 1 is 1.18 bits per heavy atom. The Kier molecular flexibility index (Phi) is 7.47. The maximum Gasteiger partial charge on any atom is 0.307 e. The Hall–Kier alpha value is -2.59. The first-order valence-corrected chi connectivity index (χ1v) is 12.9. The quantitative estimate of drug-likeness (QED) is 0.421. The molecule has 1 aromatic heterocycles. The highest BCUT2D eigenvalue weighted by Crippen LogP contribution is 2.36. The number of nitrogens with zero attached hydrogens (tertiary/aromatic N) is 2. The Balaban J connectivity index is 1.51. The molecule has 2 aromatic carbocycles. The summed E-state index contributed by atoms with van der Waals surface area (Å²) in [5.41, 5.74) is 1.73. The summed E-state index contributed by atoms with van der Waals surface area (Å²) >= 11 is 12.4. The summed E-state index contributed by atoms with van der Waals surface area (Å²) in [5.74, 6) is 0.385. The van der Waals surface area contributed by atoms with Gasteiger partial charge in [-0.1, -0.05) is 35.3 Å². The number of hydrogen-bond acceptors (Lipinski definition) is 6. The summed E-state index contributed by atoms with van der Waals surface area (Å²) in [6.45, 7) is 0.379. The lowest BCUT2D eigenvalue weighted by atomic mass is 9.94. The number of methoxy groups -OCH3 is 1. The van der Waals surface area contributed by atoms with Gasteiger partial charge in [-0.3, -0.25) is 9.48 Å². The maximum atomic E-state index is 13.1. The summed E-state index contributed by atoms with van der Waals surface area (Å²) in [7, 11) is -2.53. The van der Waals surface area contributed by atoms with Crippen LogP contribution in [-0.2, 0) is 32.5 Å². The molecule has 0 saturated heterocycles. The molecular formula is C23H23Cl2N3O5S. The number of carbonyl (C=O) groups is 1. The molecule has 1 heterocycles. The van der Waals surface area contributed by atoms with Gasteiger partial charge in [0.25, 0.3) is 0 Å². The molecule has 0 fully saturated rings. The van der Waals surface area contributed by atoms with Crippen LogP contribution in [-0.4, -0.2) is 31.3 Å². The number of aryl methyl sites for hydroxylation is 1. The number of hydrogen-bond donors (Lipinski definition) is 1. The van der Waals surface area contributed by atoms with E-state index < -0.39 is 16.1 Å². The Labute approximate surface area is 207 Å².